The third kappa shape index (κ3) is 5.04. The number of hydrogen-bond donors (Lipinski definition) is 1. The van der Waals surface area contributed by atoms with E-state index in [4.69, 9.17) is 0 Å². The molecular formula is C13H19BrN2O2. The van der Waals surface area contributed by atoms with Crippen molar-refractivity contribution in [1.82, 2.24) is 0 Å². The molecule has 0 fully saturated rings. The van der Waals surface area contributed by atoms with E-state index < -0.39 is 4.92 Å². The van der Waals surface area contributed by atoms with E-state index in [1.54, 1.807) is 6.07 Å². The molecule has 1 rings (SSSR count). The highest BCUT2D eigenvalue weighted by Crippen LogP contribution is 2.27. The van der Waals surface area contributed by atoms with Crippen LogP contribution in [0.25, 0.3) is 0 Å². The number of anilines is 1. The lowest BCUT2D eigenvalue weighted by Crippen LogP contribution is -2.03. The van der Waals surface area contributed by atoms with Gasteiger partial charge in [0.25, 0.3) is 5.69 Å². The predicted molar refractivity (Wildman–Crippen MR) is 78.0 cm³/mol. The van der Waals surface area contributed by atoms with Crippen LogP contribution in [0.2, 0.25) is 0 Å². The Bertz CT molecular complexity index is 408. The van der Waals surface area contributed by atoms with E-state index in [0.717, 1.165) is 29.0 Å². The van der Waals surface area contributed by atoms with Gasteiger partial charge in [-0.2, -0.15) is 0 Å². The van der Waals surface area contributed by atoms with Crippen molar-refractivity contribution in [2.45, 2.75) is 33.1 Å². The lowest BCUT2D eigenvalue weighted by molar-refractivity contribution is -0.384. The van der Waals surface area contributed by atoms with Gasteiger partial charge in [0.15, 0.2) is 0 Å². The first-order chi connectivity index (χ1) is 8.50. The third-order valence-corrected chi connectivity index (χ3v) is 3.34. The van der Waals surface area contributed by atoms with Crippen LogP contribution in [-0.4, -0.2) is 11.5 Å². The minimum atomic E-state index is -0.392. The monoisotopic (exact) mass is 314 g/mol. The van der Waals surface area contributed by atoms with Gasteiger partial charge in [-0.1, -0.05) is 26.7 Å². The fraction of sp³-hybridized carbons (Fsp3) is 0.538. The molecule has 0 aliphatic rings. The van der Waals surface area contributed by atoms with E-state index in [1.165, 1.54) is 25.0 Å². The van der Waals surface area contributed by atoms with Crippen molar-refractivity contribution in [2.75, 3.05) is 11.9 Å². The van der Waals surface area contributed by atoms with Crippen molar-refractivity contribution < 1.29 is 4.92 Å². The summed E-state index contributed by atoms with van der Waals surface area (Å²) in [7, 11) is 0. The summed E-state index contributed by atoms with van der Waals surface area (Å²) in [6.07, 6.45) is 3.56. The summed E-state index contributed by atoms with van der Waals surface area (Å²) in [6, 6.07) is 4.78. The van der Waals surface area contributed by atoms with Crippen molar-refractivity contribution in [3.8, 4) is 0 Å². The van der Waals surface area contributed by atoms with E-state index >= 15 is 0 Å². The van der Waals surface area contributed by atoms with Gasteiger partial charge in [-0.15, -0.1) is 0 Å². The van der Waals surface area contributed by atoms with Gasteiger partial charge < -0.3 is 5.32 Å². The van der Waals surface area contributed by atoms with Crippen LogP contribution in [0.5, 0.6) is 0 Å². The van der Waals surface area contributed by atoms with Gasteiger partial charge in [0.1, 0.15) is 0 Å². The van der Waals surface area contributed by atoms with E-state index in [9.17, 15) is 10.1 Å². The number of unbranched alkanes of at least 4 members (excludes halogenated alkanes) is 1. The van der Waals surface area contributed by atoms with Crippen LogP contribution >= 0.6 is 15.9 Å². The molecule has 0 saturated heterocycles. The minimum Gasteiger partial charge on any atom is -0.384 e. The molecule has 1 N–H and O–H groups in total. The number of rotatable bonds is 7. The molecule has 1 aromatic rings. The zero-order chi connectivity index (χ0) is 13.5. The number of halogens is 1. The second kappa shape index (κ2) is 7.36. The Morgan fingerprint density at radius 3 is 2.67 bits per heavy atom. The zero-order valence-electron chi connectivity index (χ0n) is 10.8. The van der Waals surface area contributed by atoms with Crippen LogP contribution in [-0.2, 0) is 0 Å². The van der Waals surface area contributed by atoms with Gasteiger partial charge in [0.05, 0.1) is 4.92 Å². The van der Waals surface area contributed by atoms with E-state index in [0.29, 0.717) is 0 Å². The van der Waals surface area contributed by atoms with Gasteiger partial charge in [0, 0.05) is 28.8 Å². The summed E-state index contributed by atoms with van der Waals surface area (Å²) in [5.41, 5.74) is 1.01. The number of nitro benzene ring substituents is 1. The van der Waals surface area contributed by atoms with Crippen molar-refractivity contribution in [1.29, 1.82) is 0 Å². The van der Waals surface area contributed by atoms with Gasteiger partial charge in [-0.3, -0.25) is 10.1 Å². The van der Waals surface area contributed by atoms with E-state index in [1.807, 2.05) is 0 Å². The Kier molecular flexibility index (Phi) is 6.12. The molecule has 0 bridgehead atoms. The lowest BCUT2D eigenvalue weighted by atomic mass is 10.1. The summed E-state index contributed by atoms with van der Waals surface area (Å²) in [5, 5.41) is 13.9. The van der Waals surface area contributed by atoms with Crippen LogP contribution in [0.3, 0.4) is 0 Å². The smallest absolute Gasteiger partial charge is 0.270 e. The molecule has 5 heteroatoms. The summed E-state index contributed by atoms with van der Waals surface area (Å²) in [5.74, 6) is 0.746. The van der Waals surface area contributed by atoms with Gasteiger partial charge >= 0.3 is 0 Å². The number of non-ortho nitro benzene ring substituents is 1. The van der Waals surface area contributed by atoms with Gasteiger partial charge in [-0.25, -0.2) is 0 Å². The second-order valence-electron chi connectivity index (χ2n) is 4.74. The van der Waals surface area contributed by atoms with Crippen molar-refractivity contribution >= 4 is 27.3 Å². The number of nitro groups is 1. The lowest BCUT2D eigenvalue weighted by Gasteiger charge is -2.09. The molecule has 1 aromatic carbocycles. The molecule has 0 aliphatic carbocycles. The molecular weight excluding hydrogens is 296 g/mol. The van der Waals surface area contributed by atoms with Gasteiger partial charge in [0.2, 0.25) is 0 Å². The Morgan fingerprint density at radius 2 is 2.11 bits per heavy atom. The maximum Gasteiger partial charge on any atom is 0.270 e. The highest BCUT2D eigenvalue weighted by molar-refractivity contribution is 9.10. The predicted octanol–water partition coefficient (Wildman–Crippen LogP) is 4.60. The topological polar surface area (TPSA) is 55.2 Å². The van der Waals surface area contributed by atoms with Crippen LogP contribution in [0.4, 0.5) is 11.4 Å². The SMILES string of the molecule is CC(C)CCCCNc1ccc([N+](=O)[O-])cc1Br. The minimum absolute atomic E-state index is 0.104. The molecule has 0 unspecified atom stereocenters. The Labute approximate surface area is 116 Å². The summed E-state index contributed by atoms with van der Waals surface area (Å²) < 4.78 is 0.737. The average molecular weight is 315 g/mol. The Morgan fingerprint density at radius 1 is 1.39 bits per heavy atom. The number of hydrogen-bond acceptors (Lipinski definition) is 3. The first-order valence-electron chi connectivity index (χ1n) is 6.18. The molecule has 4 nitrogen and oxygen atoms in total. The normalized spacial score (nSPS) is 10.7. The summed E-state index contributed by atoms with van der Waals surface area (Å²) in [4.78, 5) is 10.2. The highest BCUT2D eigenvalue weighted by atomic mass is 79.9. The van der Waals surface area contributed by atoms with Crippen molar-refractivity contribution in [3.63, 3.8) is 0 Å². The molecule has 0 spiro atoms. The van der Waals surface area contributed by atoms with Gasteiger partial charge in [-0.05, 0) is 34.3 Å². The molecule has 100 valence electrons. The first kappa shape index (κ1) is 15.0. The zero-order valence-corrected chi connectivity index (χ0v) is 12.4. The molecule has 0 heterocycles. The van der Waals surface area contributed by atoms with Crippen LogP contribution in [0.1, 0.15) is 33.1 Å². The maximum absolute atomic E-state index is 10.6. The van der Waals surface area contributed by atoms with E-state index in [-0.39, 0.29) is 5.69 Å². The Balaban J connectivity index is 2.41. The van der Waals surface area contributed by atoms with Crippen LogP contribution in [0, 0.1) is 16.0 Å². The molecule has 18 heavy (non-hydrogen) atoms. The number of nitrogens with one attached hydrogen (secondary N) is 1. The second-order valence-corrected chi connectivity index (χ2v) is 5.59. The fourth-order valence-electron chi connectivity index (χ4n) is 1.66. The third-order valence-electron chi connectivity index (χ3n) is 2.69. The number of benzene rings is 1. The van der Waals surface area contributed by atoms with Crippen LogP contribution in [0.15, 0.2) is 22.7 Å². The molecule has 0 atom stereocenters. The largest absolute Gasteiger partial charge is 0.384 e. The molecule has 0 saturated carbocycles. The summed E-state index contributed by atoms with van der Waals surface area (Å²) >= 11 is 3.34. The highest BCUT2D eigenvalue weighted by Gasteiger charge is 2.08. The fourth-order valence-corrected chi connectivity index (χ4v) is 2.17. The molecule has 0 aromatic heterocycles. The molecule has 0 aliphatic heterocycles. The van der Waals surface area contributed by atoms with E-state index in [2.05, 4.69) is 35.1 Å². The Hall–Kier alpha value is -1.10. The summed E-state index contributed by atoms with van der Waals surface area (Å²) in [6.45, 7) is 5.34. The standard InChI is InChI=1S/C13H19BrN2O2/c1-10(2)5-3-4-8-15-13-7-6-11(16(17)18)9-12(13)14/h6-7,9-10,15H,3-5,8H2,1-2H3. The maximum atomic E-state index is 10.6. The average Bonchev–Trinajstić information content (AvgIpc) is 2.29. The molecule has 0 radical (unpaired) electrons. The molecule has 0 amide bonds. The van der Waals surface area contributed by atoms with Crippen molar-refractivity contribution in [3.05, 3.63) is 32.8 Å². The number of nitrogens with zero attached hydrogens (tertiary/aromatic N) is 1. The quantitative estimate of drug-likeness (QED) is 0.454. The van der Waals surface area contributed by atoms with Crippen LogP contribution < -0.4 is 5.32 Å². The first-order valence-corrected chi connectivity index (χ1v) is 6.98. The van der Waals surface area contributed by atoms with Crippen molar-refractivity contribution in [2.24, 2.45) is 5.92 Å².